The molecule has 0 unspecified atom stereocenters. The fourth-order valence-corrected chi connectivity index (χ4v) is 1.80. The number of carbonyl (C=O) groups is 3. The van der Waals surface area contributed by atoms with Gasteiger partial charge in [0.2, 0.25) is 0 Å². The largest absolute Gasteiger partial charge is 0.490 e. The minimum atomic E-state index is -0.608. The number of esters is 3. The Morgan fingerprint density at radius 3 is 1.37 bits per heavy atom. The van der Waals surface area contributed by atoms with Gasteiger partial charge in [-0.3, -0.25) is 0 Å². The average molecular weight is 418 g/mol. The smallest absolute Gasteiger partial charge is 0.338 e. The standard InChI is InChI=1S/C22H26O8/c1-14(2)20(23)28-9-7-26-17-11-18(27-8-10-29-21(24)15(3)4)13-19(12-17)30-22(25)16(5)6/h11-13H,1,3,5,7-10H2,2,4,6H3. The van der Waals surface area contributed by atoms with Crippen LogP contribution in [0.1, 0.15) is 20.8 Å². The van der Waals surface area contributed by atoms with Crippen molar-refractivity contribution in [2.75, 3.05) is 26.4 Å². The van der Waals surface area contributed by atoms with Gasteiger partial charge in [0, 0.05) is 34.9 Å². The lowest BCUT2D eigenvalue weighted by molar-refractivity contribution is -0.140. The molecule has 1 rings (SSSR count). The van der Waals surface area contributed by atoms with Crippen molar-refractivity contribution in [1.29, 1.82) is 0 Å². The van der Waals surface area contributed by atoms with Gasteiger partial charge in [-0.2, -0.15) is 0 Å². The third-order valence-corrected chi connectivity index (χ3v) is 3.28. The van der Waals surface area contributed by atoms with Crippen LogP contribution >= 0.6 is 0 Å². The quantitative estimate of drug-likeness (QED) is 0.221. The molecule has 0 heterocycles. The molecule has 0 bridgehead atoms. The molecule has 8 heteroatoms. The van der Waals surface area contributed by atoms with E-state index < -0.39 is 17.9 Å². The van der Waals surface area contributed by atoms with Gasteiger partial charge in [0.1, 0.15) is 43.7 Å². The van der Waals surface area contributed by atoms with E-state index in [1.54, 1.807) is 19.9 Å². The number of hydrogen-bond acceptors (Lipinski definition) is 8. The topological polar surface area (TPSA) is 97.4 Å². The van der Waals surface area contributed by atoms with Gasteiger partial charge >= 0.3 is 17.9 Å². The zero-order chi connectivity index (χ0) is 22.7. The molecule has 0 aliphatic heterocycles. The zero-order valence-electron chi connectivity index (χ0n) is 17.4. The Balaban J connectivity index is 2.76. The van der Waals surface area contributed by atoms with E-state index in [9.17, 15) is 14.4 Å². The van der Waals surface area contributed by atoms with E-state index in [2.05, 4.69) is 19.7 Å². The molecule has 8 nitrogen and oxygen atoms in total. The van der Waals surface area contributed by atoms with Crippen molar-refractivity contribution in [2.24, 2.45) is 0 Å². The Morgan fingerprint density at radius 1 is 0.633 bits per heavy atom. The Kier molecular flexibility index (Phi) is 9.88. The van der Waals surface area contributed by atoms with Crippen molar-refractivity contribution < 1.29 is 38.1 Å². The lowest BCUT2D eigenvalue weighted by atomic mass is 10.3. The van der Waals surface area contributed by atoms with Gasteiger partial charge < -0.3 is 23.7 Å². The number of rotatable bonds is 12. The fourth-order valence-electron chi connectivity index (χ4n) is 1.80. The van der Waals surface area contributed by atoms with E-state index in [-0.39, 0.29) is 48.9 Å². The number of hydrogen-bond donors (Lipinski definition) is 0. The van der Waals surface area contributed by atoms with Crippen LogP contribution in [0, 0.1) is 0 Å². The second kappa shape index (κ2) is 12.1. The van der Waals surface area contributed by atoms with E-state index in [1.165, 1.54) is 19.1 Å². The summed E-state index contributed by atoms with van der Waals surface area (Å²) in [6.07, 6.45) is 0. The van der Waals surface area contributed by atoms with Gasteiger partial charge in [-0.05, 0) is 20.8 Å². The van der Waals surface area contributed by atoms with E-state index in [0.717, 1.165) is 0 Å². The molecule has 0 spiro atoms. The van der Waals surface area contributed by atoms with Crippen molar-refractivity contribution in [3.63, 3.8) is 0 Å². The Hall–Kier alpha value is -3.55. The molecule has 1 aromatic rings. The Labute approximate surface area is 175 Å². The summed E-state index contributed by atoms with van der Waals surface area (Å²) in [7, 11) is 0. The Bertz CT molecular complexity index is 785. The summed E-state index contributed by atoms with van der Waals surface area (Å²) in [5.41, 5.74) is 0.792. The molecule has 0 aliphatic rings. The van der Waals surface area contributed by atoms with E-state index in [4.69, 9.17) is 23.7 Å². The van der Waals surface area contributed by atoms with Gasteiger partial charge in [-0.15, -0.1) is 0 Å². The Morgan fingerprint density at radius 2 is 1.00 bits per heavy atom. The summed E-state index contributed by atoms with van der Waals surface area (Å²) >= 11 is 0. The molecule has 0 aromatic heterocycles. The maximum atomic E-state index is 11.8. The van der Waals surface area contributed by atoms with Crippen molar-refractivity contribution in [3.05, 3.63) is 54.7 Å². The molecule has 0 saturated carbocycles. The molecule has 0 fully saturated rings. The molecule has 0 atom stereocenters. The predicted octanol–water partition coefficient (Wildman–Crippen LogP) is 3.16. The molecule has 0 radical (unpaired) electrons. The minimum absolute atomic E-state index is 0.00845. The van der Waals surface area contributed by atoms with Crippen LogP contribution in [0.4, 0.5) is 0 Å². The van der Waals surface area contributed by atoms with Gasteiger partial charge in [0.25, 0.3) is 0 Å². The fraction of sp³-hybridized carbons (Fsp3) is 0.318. The second-order valence-electron chi connectivity index (χ2n) is 6.34. The molecule has 0 N–H and O–H groups in total. The van der Waals surface area contributed by atoms with E-state index in [1.807, 2.05) is 0 Å². The van der Waals surface area contributed by atoms with Crippen LogP contribution in [-0.4, -0.2) is 44.3 Å². The molecule has 0 aliphatic carbocycles. The summed E-state index contributed by atoms with van der Waals surface area (Å²) in [5, 5.41) is 0. The first kappa shape index (κ1) is 24.5. The van der Waals surface area contributed by atoms with Crippen molar-refractivity contribution in [1.82, 2.24) is 0 Å². The molecule has 1 aromatic carbocycles. The highest BCUT2D eigenvalue weighted by Crippen LogP contribution is 2.28. The van der Waals surface area contributed by atoms with Crippen LogP contribution in [0.15, 0.2) is 54.7 Å². The lowest BCUT2D eigenvalue weighted by Gasteiger charge is -2.13. The summed E-state index contributed by atoms with van der Waals surface area (Å²) in [5.74, 6) is -0.825. The number of benzene rings is 1. The maximum Gasteiger partial charge on any atom is 0.338 e. The monoisotopic (exact) mass is 418 g/mol. The molecule has 162 valence electrons. The van der Waals surface area contributed by atoms with Crippen LogP contribution in [0.3, 0.4) is 0 Å². The van der Waals surface area contributed by atoms with E-state index in [0.29, 0.717) is 11.5 Å². The third-order valence-electron chi connectivity index (χ3n) is 3.28. The summed E-state index contributed by atoms with van der Waals surface area (Å²) in [6.45, 7) is 15.3. The van der Waals surface area contributed by atoms with Crippen molar-refractivity contribution in [2.45, 2.75) is 20.8 Å². The summed E-state index contributed by atoms with van der Waals surface area (Å²) in [4.78, 5) is 34.6. The first-order valence-electron chi connectivity index (χ1n) is 9.03. The summed E-state index contributed by atoms with van der Waals surface area (Å²) in [6, 6.07) is 4.52. The van der Waals surface area contributed by atoms with E-state index >= 15 is 0 Å². The first-order valence-corrected chi connectivity index (χ1v) is 9.03. The van der Waals surface area contributed by atoms with Gasteiger partial charge in [0.15, 0.2) is 0 Å². The second-order valence-corrected chi connectivity index (χ2v) is 6.34. The average Bonchev–Trinajstić information content (AvgIpc) is 2.67. The zero-order valence-corrected chi connectivity index (χ0v) is 17.4. The maximum absolute atomic E-state index is 11.8. The highest BCUT2D eigenvalue weighted by molar-refractivity contribution is 5.89. The van der Waals surface area contributed by atoms with Gasteiger partial charge in [0.05, 0.1) is 0 Å². The molecule has 30 heavy (non-hydrogen) atoms. The number of carbonyl (C=O) groups excluding carboxylic acids is 3. The van der Waals surface area contributed by atoms with Gasteiger partial charge in [-0.1, -0.05) is 19.7 Å². The third kappa shape index (κ3) is 9.09. The van der Waals surface area contributed by atoms with Crippen LogP contribution < -0.4 is 14.2 Å². The minimum Gasteiger partial charge on any atom is -0.490 e. The lowest BCUT2D eigenvalue weighted by Crippen LogP contribution is -2.14. The predicted molar refractivity (Wildman–Crippen MR) is 109 cm³/mol. The van der Waals surface area contributed by atoms with Gasteiger partial charge in [-0.25, -0.2) is 14.4 Å². The van der Waals surface area contributed by atoms with Crippen LogP contribution in [0.5, 0.6) is 17.2 Å². The number of ether oxygens (including phenoxy) is 5. The highest BCUT2D eigenvalue weighted by atomic mass is 16.6. The molecule has 0 amide bonds. The molecular formula is C22H26O8. The highest BCUT2D eigenvalue weighted by Gasteiger charge is 2.11. The molecular weight excluding hydrogens is 392 g/mol. The summed E-state index contributed by atoms with van der Waals surface area (Å²) < 4.78 is 26.2. The van der Waals surface area contributed by atoms with Crippen molar-refractivity contribution in [3.8, 4) is 17.2 Å². The normalized spacial score (nSPS) is 9.83. The van der Waals surface area contributed by atoms with Crippen LogP contribution in [0.2, 0.25) is 0 Å². The van der Waals surface area contributed by atoms with Crippen molar-refractivity contribution >= 4 is 17.9 Å². The first-order chi connectivity index (χ1) is 14.1. The molecule has 0 saturated heterocycles. The SMILES string of the molecule is C=C(C)C(=O)OCCOc1cc(OCCOC(=O)C(=C)C)cc(OC(=O)C(=C)C)c1. The van der Waals surface area contributed by atoms with Crippen LogP contribution in [0.25, 0.3) is 0 Å². The van der Waals surface area contributed by atoms with Crippen LogP contribution in [-0.2, 0) is 23.9 Å².